The number of carbonyl (C=O) groups excluding carboxylic acids is 1. The molecule has 2 unspecified atom stereocenters. The Kier molecular flexibility index (Phi) is 7.05. The van der Waals surface area contributed by atoms with Crippen LogP contribution in [0, 0.1) is 5.82 Å². The molecule has 8 heteroatoms. The number of rotatable bonds is 4. The van der Waals surface area contributed by atoms with Crippen LogP contribution < -0.4 is 4.90 Å². The topological polar surface area (TPSA) is 60.9 Å². The number of carbonyl (C=O) groups is 1. The zero-order valence-corrected chi connectivity index (χ0v) is 20.1. The highest BCUT2D eigenvalue weighted by Gasteiger charge is 2.38. The lowest BCUT2D eigenvalue weighted by atomic mass is 10.0. The third-order valence-electron chi connectivity index (χ3n) is 6.89. The average molecular weight is 474 g/mol. The van der Waals surface area contributed by atoms with Crippen LogP contribution in [0.3, 0.4) is 0 Å². The van der Waals surface area contributed by atoms with Crippen molar-refractivity contribution in [2.45, 2.75) is 50.9 Å². The summed E-state index contributed by atoms with van der Waals surface area (Å²) in [7, 11) is -3.64. The maximum absolute atomic E-state index is 15.2. The van der Waals surface area contributed by atoms with Gasteiger partial charge in [0.25, 0.3) is 0 Å². The number of halogens is 1. The summed E-state index contributed by atoms with van der Waals surface area (Å²) in [5.74, 6) is -0.345. The Morgan fingerprint density at radius 2 is 1.73 bits per heavy atom. The summed E-state index contributed by atoms with van der Waals surface area (Å²) < 4.78 is 43.9. The first kappa shape index (κ1) is 23.7. The second kappa shape index (κ2) is 9.81. The predicted molar refractivity (Wildman–Crippen MR) is 128 cm³/mol. The minimum atomic E-state index is -3.64. The van der Waals surface area contributed by atoms with Crippen molar-refractivity contribution in [3.05, 3.63) is 65.5 Å². The van der Waals surface area contributed by atoms with Crippen LogP contribution in [0.1, 0.15) is 49.5 Å². The van der Waals surface area contributed by atoms with Crippen molar-refractivity contribution in [2.75, 3.05) is 31.1 Å². The van der Waals surface area contributed by atoms with Crippen LogP contribution in [0.2, 0.25) is 0 Å². The molecular formula is C25H32FN3O3S. The summed E-state index contributed by atoms with van der Waals surface area (Å²) in [5.41, 5.74) is 1.93. The van der Waals surface area contributed by atoms with Gasteiger partial charge in [0.2, 0.25) is 15.9 Å². The van der Waals surface area contributed by atoms with E-state index >= 15 is 4.39 Å². The third kappa shape index (κ3) is 5.06. The summed E-state index contributed by atoms with van der Waals surface area (Å²) in [6, 6.07) is 14.2. The van der Waals surface area contributed by atoms with Gasteiger partial charge in [-0.25, -0.2) is 12.8 Å². The van der Waals surface area contributed by atoms with Gasteiger partial charge in [-0.15, -0.1) is 0 Å². The molecule has 0 bridgehead atoms. The molecule has 0 radical (unpaired) electrons. The Hall–Kier alpha value is -2.45. The van der Waals surface area contributed by atoms with Gasteiger partial charge in [0.1, 0.15) is 11.1 Å². The van der Waals surface area contributed by atoms with Gasteiger partial charge >= 0.3 is 0 Å². The summed E-state index contributed by atoms with van der Waals surface area (Å²) in [6.07, 6.45) is 2.13. The Balaban J connectivity index is 1.54. The predicted octanol–water partition coefficient (Wildman–Crippen LogP) is 3.94. The number of sulfonamides is 1. The van der Waals surface area contributed by atoms with Crippen molar-refractivity contribution in [3.8, 4) is 0 Å². The molecule has 33 heavy (non-hydrogen) atoms. The van der Waals surface area contributed by atoms with Crippen molar-refractivity contribution in [2.24, 2.45) is 0 Å². The fourth-order valence-corrected chi connectivity index (χ4v) is 7.09. The van der Waals surface area contributed by atoms with Gasteiger partial charge in [0.05, 0.1) is 0 Å². The van der Waals surface area contributed by atoms with Gasteiger partial charge in [-0.05, 0) is 37.5 Å². The lowest BCUT2D eigenvalue weighted by Crippen LogP contribution is -2.48. The molecule has 2 aliphatic rings. The van der Waals surface area contributed by atoms with Crippen molar-refractivity contribution in [1.29, 1.82) is 0 Å². The molecule has 6 nitrogen and oxygen atoms in total. The number of benzene rings is 2. The van der Waals surface area contributed by atoms with E-state index < -0.39 is 21.1 Å². The smallest absolute Gasteiger partial charge is 0.221 e. The number of amides is 1. The molecule has 2 aromatic rings. The molecule has 0 aliphatic carbocycles. The minimum absolute atomic E-state index is 0.0249. The number of hydrogen-bond donors (Lipinski definition) is 0. The van der Waals surface area contributed by atoms with Crippen LogP contribution in [0.5, 0.6) is 0 Å². The summed E-state index contributed by atoms with van der Waals surface area (Å²) >= 11 is 0. The molecule has 0 N–H and O–H groups in total. The molecule has 2 aliphatic heterocycles. The van der Waals surface area contributed by atoms with Gasteiger partial charge in [0, 0.05) is 56.9 Å². The van der Waals surface area contributed by atoms with E-state index in [0.717, 1.165) is 24.1 Å². The van der Waals surface area contributed by atoms with Crippen molar-refractivity contribution in [3.63, 3.8) is 0 Å². The maximum Gasteiger partial charge on any atom is 0.221 e. The van der Waals surface area contributed by atoms with Gasteiger partial charge in [-0.2, -0.15) is 4.31 Å². The second-order valence-corrected chi connectivity index (χ2v) is 11.1. The van der Waals surface area contributed by atoms with Crippen LogP contribution in [0.4, 0.5) is 10.1 Å². The molecule has 2 aromatic carbocycles. The highest BCUT2D eigenvalue weighted by molar-refractivity contribution is 7.89. The van der Waals surface area contributed by atoms with Gasteiger partial charge in [-0.1, -0.05) is 42.8 Å². The first-order valence-corrected chi connectivity index (χ1v) is 13.1. The molecule has 0 saturated carbocycles. The van der Waals surface area contributed by atoms with E-state index in [1.54, 1.807) is 17.9 Å². The quantitative estimate of drug-likeness (QED) is 0.675. The fourth-order valence-electron chi connectivity index (χ4n) is 4.87. The zero-order valence-electron chi connectivity index (χ0n) is 19.3. The van der Waals surface area contributed by atoms with E-state index in [1.165, 1.54) is 10.4 Å². The maximum atomic E-state index is 15.2. The molecule has 2 saturated heterocycles. The van der Waals surface area contributed by atoms with Gasteiger partial charge < -0.3 is 9.80 Å². The lowest BCUT2D eigenvalue weighted by molar-refractivity contribution is -0.129. The fraction of sp³-hybridized carbons (Fsp3) is 0.480. The van der Waals surface area contributed by atoms with Crippen molar-refractivity contribution < 1.29 is 17.6 Å². The first-order valence-electron chi connectivity index (χ1n) is 11.6. The summed E-state index contributed by atoms with van der Waals surface area (Å²) in [5, 5.41) is -0.608. The highest BCUT2D eigenvalue weighted by atomic mass is 32.2. The third-order valence-corrected chi connectivity index (χ3v) is 9.26. The van der Waals surface area contributed by atoms with Crippen LogP contribution in [0.25, 0.3) is 0 Å². The van der Waals surface area contributed by atoms with E-state index in [4.69, 9.17) is 0 Å². The molecule has 4 rings (SSSR count). The standard InChI is InChI=1S/C25H32FN3O3S/c1-19-7-6-10-25(21-8-4-3-5-9-21)33(31,32)29(19)18-22-11-12-23(17-24(22)26)28-15-13-27(14-16-28)20(2)30/h3-5,8-9,11-12,17,19,25H,6-7,10,13-16,18H2,1-2H3. The largest absolute Gasteiger partial charge is 0.368 e. The number of anilines is 1. The number of hydrogen-bond acceptors (Lipinski definition) is 4. The average Bonchev–Trinajstić information content (AvgIpc) is 2.91. The van der Waals surface area contributed by atoms with E-state index in [9.17, 15) is 13.2 Å². The Morgan fingerprint density at radius 3 is 2.36 bits per heavy atom. The second-order valence-electron chi connectivity index (χ2n) is 9.04. The molecule has 1 amide bonds. The Labute approximate surface area is 196 Å². The zero-order chi connectivity index (χ0) is 23.6. The van der Waals surface area contributed by atoms with Gasteiger partial charge in [0.15, 0.2) is 0 Å². The van der Waals surface area contributed by atoms with E-state index in [1.807, 2.05) is 43.3 Å². The van der Waals surface area contributed by atoms with Crippen LogP contribution >= 0.6 is 0 Å². The molecule has 2 fully saturated rings. The molecular weight excluding hydrogens is 441 g/mol. The SMILES string of the molecule is CC(=O)N1CCN(c2ccc(CN3C(C)CCCC(c4ccccc4)S3(=O)=O)c(F)c2)CC1. The highest BCUT2D eigenvalue weighted by Crippen LogP contribution is 2.37. The summed E-state index contributed by atoms with van der Waals surface area (Å²) in [4.78, 5) is 15.4. The molecule has 178 valence electrons. The van der Waals surface area contributed by atoms with Crippen LogP contribution in [-0.4, -0.2) is 55.8 Å². The summed E-state index contributed by atoms with van der Waals surface area (Å²) in [6.45, 7) is 6.02. The van der Waals surface area contributed by atoms with E-state index in [-0.39, 0.29) is 18.5 Å². The van der Waals surface area contributed by atoms with Gasteiger partial charge in [-0.3, -0.25) is 4.79 Å². The molecule has 2 heterocycles. The van der Waals surface area contributed by atoms with Crippen molar-refractivity contribution >= 4 is 21.6 Å². The lowest BCUT2D eigenvalue weighted by Gasteiger charge is -2.35. The molecule has 2 atom stereocenters. The minimum Gasteiger partial charge on any atom is -0.368 e. The first-order chi connectivity index (χ1) is 15.8. The van der Waals surface area contributed by atoms with E-state index in [0.29, 0.717) is 38.2 Å². The van der Waals surface area contributed by atoms with Crippen LogP contribution in [-0.2, 0) is 21.4 Å². The van der Waals surface area contributed by atoms with Crippen LogP contribution in [0.15, 0.2) is 48.5 Å². The van der Waals surface area contributed by atoms with E-state index in [2.05, 4.69) is 4.90 Å². The Morgan fingerprint density at radius 1 is 1.03 bits per heavy atom. The Bertz CT molecular complexity index is 1090. The number of piperazine rings is 1. The monoisotopic (exact) mass is 473 g/mol. The van der Waals surface area contributed by atoms with Crippen molar-refractivity contribution in [1.82, 2.24) is 9.21 Å². The number of nitrogens with zero attached hydrogens (tertiary/aromatic N) is 3. The molecule has 0 aromatic heterocycles. The normalized spacial score (nSPS) is 23.8. The molecule has 0 spiro atoms.